The third kappa shape index (κ3) is 2.65. The number of rotatable bonds is 2. The van der Waals surface area contributed by atoms with Crippen molar-refractivity contribution in [2.75, 3.05) is 5.32 Å². The van der Waals surface area contributed by atoms with Crippen LogP contribution in [0, 0.1) is 2.88 Å². The van der Waals surface area contributed by atoms with Gasteiger partial charge in [0.05, 0.1) is 24.7 Å². The van der Waals surface area contributed by atoms with Crippen LogP contribution in [-0.2, 0) is 0 Å². The number of hydrogen-bond acceptors (Lipinski definition) is 3. The molecule has 0 aliphatic heterocycles. The topological polar surface area (TPSA) is 42.0 Å². The van der Waals surface area contributed by atoms with Gasteiger partial charge in [0.15, 0.2) is 0 Å². The maximum atomic E-state index is 12.2. The third-order valence-electron chi connectivity index (χ3n) is 2.79. The number of aromatic nitrogens is 1. The van der Waals surface area contributed by atoms with Gasteiger partial charge < -0.3 is 5.32 Å². The van der Waals surface area contributed by atoms with Crippen LogP contribution in [0.25, 0.3) is 10.9 Å². The molecule has 6 heteroatoms. The van der Waals surface area contributed by atoms with Gasteiger partial charge in [0.1, 0.15) is 0 Å². The number of hydrogen-bond donors (Lipinski definition) is 1. The number of halogens is 2. The van der Waals surface area contributed by atoms with Crippen molar-refractivity contribution in [3.63, 3.8) is 0 Å². The number of carbonyl (C=O) groups excluding carboxylic acids is 1. The summed E-state index contributed by atoms with van der Waals surface area (Å²) in [4.78, 5) is 16.5. The van der Waals surface area contributed by atoms with E-state index in [1.165, 1.54) is 11.3 Å². The van der Waals surface area contributed by atoms with E-state index >= 15 is 0 Å². The van der Waals surface area contributed by atoms with Crippen molar-refractivity contribution in [3.05, 3.63) is 55.4 Å². The molecule has 0 atom stereocenters. The van der Waals surface area contributed by atoms with Gasteiger partial charge in [-0.25, -0.2) is 0 Å². The van der Waals surface area contributed by atoms with Crippen molar-refractivity contribution in [3.8, 4) is 0 Å². The minimum absolute atomic E-state index is 0.140. The molecule has 2 aromatic heterocycles. The van der Waals surface area contributed by atoms with E-state index in [4.69, 9.17) is 11.6 Å². The molecule has 0 fully saturated rings. The number of nitrogens with zero attached hydrogens (tertiary/aromatic N) is 1. The summed E-state index contributed by atoms with van der Waals surface area (Å²) >= 11 is 9.86. The first-order valence-corrected chi connectivity index (χ1v) is 8.07. The summed E-state index contributed by atoms with van der Waals surface area (Å²) in [5.74, 6) is -0.140. The molecule has 2 heterocycles. The number of benzene rings is 1. The molecule has 0 bridgehead atoms. The first-order chi connectivity index (χ1) is 9.65. The fourth-order valence-corrected chi connectivity index (χ4v) is 3.40. The lowest BCUT2D eigenvalue weighted by molar-refractivity contribution is 0.102. The average molecular weight is 415 g/mol. The van der Waals surface area contributed by atoms with E-state index in [0.717, 1.165) is 8.27 Å². The Morgan fingerprint density at radius 1 is 1.35 bits per heavy atom. The SMILES string of the molecule is O=C(Nc1ccc(Cl)c2cccnc12)c1csc(I)c1. The Morgan fingerprint density at radius 3 is 2.95 bits per heavy atom. The maximum Gasteiger partial charge on any atom is 0.256 e. The molecule has 1 N–H and O–H groups in total. The Balaban J connectivity index is 1.99. The molecule has 0 radical (unpaired) electrons. The number of thiophene rings is 1. The zero-order valence-electron chi connectivity index (χ0n) is 10.1. The van der Waals surface area contributed by atoms with E-state index in [1.54, 1.807) is 18.3 Å². The number of nitrogens with one attached hydrogen (secondary N) is 1. The Morgan fingerprint density at radius 2 is 2.20 bits per heavy atom. The molecule has 0 unspecified atom stereocenters. The van der Waals surface area contributed by atoms with Crippen molar-refractivity contribution in [2.45, 2.75) is 0 Å². The minimum atomic E-state index is -0.140. The van der Waals surface area contributed by atoms with E-state index in [-0.39, 0.29) is 5.91 Å². The van der Waals surface area contributed by atoms with Crippen LogP contribution < -0.4 is 5.32 Å². The Bertz CT molecular complexity index is 803. The van der Waals surface area contributed by atoms with Crippen LogP contribution >= 0.6 is 45.5 Å². The van der Waals surface area contributed by atoms with Crippen LogP contribution in [0.1, 0.15) is 10.4 Å². The molecule has 0 aliphatic rings. The smallest absolute Gasteiger partial charge is 0.256 e. The largest absolute Gasteiger partial charge is 0.320 e. The van der Waals surface area contributed by atoms with E-state index in [2.05, 4.69) is 32.9 Å². The van der Waals surface area contributed by atoms with Crippen molar-refractivity contribution in [2.24, 2.45) is 0 Å². The first kappa shape index (κ1) is 13.8. The van der Waals surface area contributed by atoms with Crippen LogP contribution in [-0.4, -0.2) is 10.9 Å². The van der Waals surface area contributed by atoms with Crippen LogP contribution in [0.4, 0.5) is 5.69 Å². The number of fused-ring (bicyclic) bond motifs is 1. The second-order valence-electron chi connectivity index (χ2n) is 4.09. The van der Waals surface area contributed by atoms with Crippen molar-refractivity contribution >= 4 is 68.0 Å². The van der Waals surface area contributed by atoms with Gasteiger partial charge in [-0.05, 0) is 52.9 Å². The lowest BCUT2D eigenvalue weighted by Gasteiger charge is -2.08. The molecule has 3 rings (SSSR count). The highest BCUT2D eigenvalue weighted by molar-refractivity contribution is 14.1. The summed E-state index contributed by atoms with van der Waals surface area (Å²) < 4.78 is 1.08. The number of anilines is 1. The normalized spacial score (nSPS) is 10.7. The maximum absolute atomic E-state index is 12.2. The van der Waals surface area contributed by atoms with Gasteiger partial charge in [0.2, 0.25) is 0 Å². The fraction of sp³-hybridized carbons (Fsp3) is 0. The summed E-state index contributed by atoms with van der Waals surface area (Å²) in [6, 6.07) is 9.09. The molecule has 3 aromatic rings. The summed E-state index contributed by atoms with van der Waals surface area (Å²) in [5, 5.41) is 6.17. The van der Waals surface area contributed by atoms with Crippen molar-refractivity contribution in [1.82, 2.24) is 4.98 Å². The van der Waals surface area contributed by atoms with Crippen LogP contribution in [0.3, 0.4) is 0 Å². The van der Waals surface area contributed by atoms with E-state index in [0.29, 0.717) is 21.8 Å². The fourth-order valence-electron chi connectivity index (χ4n) is 1.86. The van der Waals surface area contributed by atoms with Crippen LogP contribution in [0.5, 0.6) is 0 Å². The lowest BCUT2D eigenvalue weighted by Crippen LogP contribution is -2.11. The Hall–Kier alpha value is -1.18. The van der Waals surface area contributed by atoms with Crippen molar-refractivity contribution in [1.29, 1.82) is 0 Å². The first-order valence-electron chi connectivity index (χ1n) is 5.74. The van der Waals surface area contributed by atoms with Crippen LogP contribution in [0.15, 0.2) is 41.9 Å². The van der Waals surface area contributed by atoms with Crippen LogP contribution in [0.2, 0.25) is 5.02 Å². The second-order valence-corrected chi connectivity index (χ2v) is 7.30. The lowest BCUT2D eigenvalue weighted by atomic mass is 10.2. The quantitative estimate of drug-likeness (QED) is 0.612. The summed E-state index contributed by atoms with van der Waals surface area (Å²) in [5.41, 5.74) is 2.01. The van der Waals surface area contributed by atoms with E-state index in [9.17, 15) is 4.79 Å². The van der Waals surface area contributed by atoms with Gasteiger partial charge in [-0.15, -0.1) is 11.3 Å². The van der Waals surface area contributed by atoms with Gasteiger partial charge in [-0.2, -0.15) is 0 Å². The number of carbonyl (C=O) groups is 1. The molecule has 20 heavy (non-hydrogen) atoms. The highest BCUT2D eigenvalue weighted by Crippen LogP contribution is 2.28. The third-order valence-corrected chi connectivity index (χ3v) is 4.91. The predicted molar refractivity (Wildman–Crippen MR) is 91.7 cm³/mol. The Kier molecular flexibility index (Phi) is 3.91. The summed E-state index contributed by atoms with van der Waals surface area (Å²) in [7, 11) is 0. The molecular formula is C14H8ClIN2OS. The standard InChI is InChI=1S/C14H8ClIN2OS/c15-10-3-4-11(13-9(10)2-1-5-17-13)18-14(19)8-6-12(16)20-7-8/h1-7H,(H,18,19). The predicted octanol–water partition coefficient (Wildman–Crippen LogP) is 4.81. The molecule has 3 nitrogen and oxygen atoms in total. The monoisotopic (exact) mass is 414 g/mol. The zero-order valence-corrected chi connectivity index (χ0v) is 13.8. The van der Waals surface area contributed by atoms with E-state index in [1.807, 2.05) is 23.6 Å². The molecule has 0 aliphatic carbocycles. The highest BCUT2D eigenvalue weighted by atomic mass is 127. The molecule has 0 spiro atoms. The van der Waals surface area contributed by atoms with Gasteiger partial charge in [0, 0.05) is 17.0 Å². The van der Waals surface area contributed by atoms with Gasteiger partial charge in [-0.3, -0.25) is 9.78 Å². The molecule has 0 saturated heterocycles. The van der Waals surface area contributed by atoms with E-state index < -0.39 is 0 Å². The second kappa shape index (κ2) is 5.67. The average Bonchev–Trinajstić information content (AvgIpc) is 2.89. The van der Waals surface area contributed by atoms with Gasteiger partial charge >= 0.3 is 0 Å². The molecule has 100 valence electrons. The van der Waals surface area contributed by atoms with Crippen molar-refractivity contribution < 1.29 is 4.79 Å². The number of amides is 1. The Labute approximate surface area is 138 Å². The molecule has 0 saturated carbocycles. The van der Waals surface area contributed by atoms with Gasteiger partial charge in [-0.1, -0.05) is 11.6 Å². The zero-order chi connectivity index (χ0) is 14.1. The molecule has 1 aromatic carbocycles. The number of pyridine rings is 1. The highest BCUT2D eigenvalue weighted by Gasteiger charge is 2.11. The van der Waals surface area contributed by atoms with Gasteiger partial charge in [0.25, 0.3) is 5.91 Å². The molecular weight excluding hydrogens is 407 g/mol. The molecule has 1 amide bonds. The summed E-state index contributed by atoms with van der Waals surface area (Å²) in [6.45, 7) is 0. The minimum Gasteiger partial charge on any atom is -0.320 e. The summed E-state index contributed by atoms with van der Waals surface area (Å²) in [6.07, 6.45) is 1.68.